The second-order valence-corrected chi connectivity index (χ2v) is 4.76. The minimum absolute atomic E-state index is 1.01. The number of nitrogens with zero attached hydrogens (tertiary/aromatic N) is 2. The lowest BCUT2D eigenvalue weighted by Gasteiger charge is -2.26. The van der Waals surface area contributed by atoms with Gasteiger partial charge < -0.3 is 4.90 Å². The molecule has 1 aromatic rings. The average Bonchev–Trinajstić information content (AvgIpc) is 2.42. The lowest BCUT2D eigenvalue weighted by atomic mass is 10.1. The third kappa shape index (κ3) is 4.25. The quantitative estimate of drug-likeness (QED) is 0.647. The van der Waals surface area contributed by atoms with Gasteiger partial charge in [0.25, 0.3) is 0 Å². The SMILES string of the molecule is C=C=C(c1cccnc1CCC)N(CCC)CCC. The highest BCUT2D eigenvalue weighted by Crippen LogP contribution is 2.22. The predicted molar refractivity (Wildman–Crippen MR) is 82.9 cm³/mol. The molecule has 0 bridgehead atoms. The zero-order valence-electron chi connectivity index (χ0n) is 12.6. The molecule has 0 aromatic carbocycles. The summed E-state index contributed by atoms with van der Waals surface area (Å²) in [4.78, 5) is 6.90. The first kappa shape index (κ1) is 15.5. The number of aryl methyl sites for hydroxylation is 1. The molecule has 0 aliphatic heterocycles. The third-order valence-electron chi connectivity index (χ3n) is 3.10. The summed E-state index contributed by atoms with van der Waals surface area (Å²) < 4.78 is 0. The van der Waals surface area contributed by atoms with Crippen LogP contribution in [0, 0.1) is 0 Å². The van der Waals surface area contributed by atoms with Gasteiger partial charge in [0.15, 0.2) is 0 Å². The summed E-state index contributed by atoms with van der Waals surface area (Å²) in [5.41, 5.74) is 6.61. The van der Waals surface area contributed by atoms with Crippen LogP contribution in [0.4, 0.5) is 0 Å². The fourth-order valence-electron chi connectivity index (χ4n) is 2.34. The van der Waals surface area contributed by atoms with Crippen molar-refractivity contribution in [2.45, 2.75) is 46.5 Å². The lowest BCUT2D eigenvalue weighted by molar-refractivity contribution is 0.396. The van der Waals surface area contributed by atoms with E-state index in [4.69, 9.17) is 0 Å². The Morgan fingerprint density at radius 2 is 1.89 bits per heavy atom. The minimum atomic E-state index is 1.01. The smallest absolute Gasteiger partial charge is 0.0885 e. The molecular formula is C17H26N2. The molecule has 104 valence electrons. The van der Waals surface area contributed by atoms with Gasteiger partial charge in [-0.15, -0.1) is 5.73 Å². The highest BCUT2D eigenvalue weighted by Gasteiger charge is 2.13. The molecule has 0 aliphatic carbocycles. The van der Waals surface area contributed by atoms with Crippen LogP contribution in [-0.4, -0.2) is 23.0 Å². The molecule has 2 nitrogen and oxygen atoms in total. The Kier molecular flexibility index (Phi) is 6.99. The number of pyridine rings is 1. The van der Waals surface area contributed by atoms with E-state index >= 15 is 0 Å². The van der Waals surface area contributed by atoms with E-state index in [1.165, 1.54) is 5.56 Å². The number of hydrogen-bond donors (Lipinski definition) is 0. The molecule has 0 atom stereocenters. The summed E-state index contributed by atoms with van der Waals surface area (Å²) in [7, 11) is 0. The second-order valence-electron chi connectivity index (χ2n) is 4.76. The molecule has 0 amide bonds. The topological polar surface area (TPSA) is 16.1 Å². The van der Waals surface area contributed by atoms with Crippen molar-refractivity contribution in [2.24, 2.45) is 0 Å². The van der Waals surface area contributed by atoms with Crippen LogP contribution in [0.25, 0.3) is 5.70 Å². The first-order valence-electron chi connectivity index (χ1n) is 7.37. The zero-order valence-corrected chi connectivity index (χ0v) is 12.6. The Morgan fingerprint density at radius 1 is 1.21 bits per heavy atom. The van der Waals surface area contributed by atoms with Gasteiger partial charge in [0, 0.05) is 24.8 Å². The maximum absolute atomic E-state index is 4.52. The van der Waals surface area contributed by atoms with Crippen molar-refractivity contribution in [3.8, 4) is 0 Å². The normalized spacial score (nSPS) is 10.1. The van der Waals surface area contributed by atoms with E-state index in [1.807, 2.05) is 12.3 Å². The van der Waals surface area contributed by atoms with Gasteiger partial charge in [0.2, 0.25) is 0 Å². The van der Waals surface area contributed by atoms with Crippen molar-refractivity contribution >= 4 is 5.70 Å². The van der Waals surface area contributed by atoms with Crippen LogP contribution in [0.2, 0.25) is 0 Å². The Labute approximate surface area is 117 Å². The van der Waals surface area contributed by atoms with E-state index in [0.29, 0.717) is 0 Å². The van der Waals surface area contributed by atoms with Crippen LogP contribution in [0.15, 0.2) is 30.6 Å². The number of hydrogen-bond acceptors (Lipinski definition) is 2. The van der Waals surface area contributed by atoms with Crippen LogP contribution in [0.5, 0.6) is 0 Å². The van der Waals surface area contributed by atoms with Crippen molar-refractivity contribution in [1.29, 1.82) is 0 Å². The summed E-state index contributed by atoms with van der Waals surface area (Å²) in [5.74, 6) is 0. The minimum Gasteiger partial charge on any atom is -0.365 e. The summed E-state index contributed by atoms with van der Waals surface area (Å²) >= 11 is 0. The molecule has 2 heteroatoms. The maximum atomic E-state index is 4.52. The fourth-order valence-corrected chi connectivity index (χ4v) is 2.34. The molecule has 1 heterocycles. The van der Waals surface area contributed by atoms with Gasteiger partial charge in [0.05, 0.1) is 11.4 Å². The standard InChI is InChI=1S/C17H26N2/c1-5-10-16-15(11-9-12-18-16)17(8-4)19(13-6-2)14-7-3/h9,11-12H,4-7,10,13-14H2,1-3H3. The van der Waals surface area contributed by atoms with E-state index in [-0.39, 0.29) is 0 Å². The summed E-state index contributed by atoms with van der Waals surface area (Å²) in [6.07, 6.45) is 6.26. The second kappa shape index (κ2) is 8.55. The largest absolute Gasteiger partial charge is 0.365 e. The number of rotatable bonds is 8. The Bertz CT molecular complexity index is 425. The Hall–Kier alpha value is -1.53. The van der Waals surface area contributed by atoms with E-state index in [2.05, 4.69) is 49.0 Å². The number of aromatic nitrogens is 1. The van der Waals surface area contributed by atoms with Gasteiger partial charge in [-0.2, -0.15) is 0 Å². The summed E-state index contributed by atoms with van der Waals surface area (Å²) in [6.45, 7) is 12.6. The molecule has 0 radical (unpaired) electrons. The van der Waals surface area contributed by atoms with E-state index in [0.717, 1.165) is 50.2 Å². The van der Waals surface area contributed by atoms with Gasteiger partial charge in [-0.25, -0.2) is 0 Å². The molecular weight excluding hydrogens is 232 g/mol. The van der Waals surface area contributed by atoms with Crippen molar-refractivity contribution in [1.82, 2.24) is 9.88 Å². The van der Waals surface area contributed by atoms with Crippen molar-refractivity contribution in [2.75, 3.05) is 13.1 Å². The van der Waals surface area contributed by atoms with Crippen molar-refractivity contribution in [3.63, 3.8) is 0 Å². The summed E-state index contributed by atoms with van der Waals surface area (Å²) in [6, 6.07) is 4.14. The van der Waals surface area contributed by atoms with Gasteiger partial charge in [-0.05, 0) is 31.4 Å². The average molecular weight is 258 g/mol. The van der Waals surface area contributed by atoms with Crippen LogP contribution < -0.4 is 0 Å². The van der Waals surface area contributed by atoms with Crippen LogP contribution in [0.1, 0.15) is 51.3 Å². The summed E-state index contributed by atoms with van der Waals surface area (Å²) in [5, 5.41) is 0. The van der Waals surface area contributed by atoms with E-state index < -0.39 is 0 Å². The molecule has 0 saturated heterocycles. The molecule has 0 N–H and O–H groups in total. The van der Waals surface area contributed by atoms with Crippen LogP contribution in [-0.2, 0) is 6.42 Å². The molecule has 0 fully saturated rings. The molecule has 0 aliphatic rings. The van der Waals surface area contributed by atoms with Gasteiger partial charge in [-0.1, -0.05) is 33.8 Å². The Morgan fingerprint density at radius 3 is 2.42 bits per heavy atom. The highest BCUT2D eigenvalue weighted by atomic mass is 15.1. The third-order valence-corrected chi connectivity index (χ3v) is 3.10. The first-order valence-corrected chi connectivity index (χ1v) is 7.37. The first-order chi connectivity index (χ1) is 9.28. The molecule has 0 spiro atoms. The fraction of sp³-hybridized carbons (Fsp3) is 0.529. The monoisotopic (exact) mass is 258 g/mol. The van der Waals surface area contributed by atoms with Crippen molar-refractivity contribution in [3.05, 3.63) is 41.9 Å². The molecule has 19 heavy (non-hydrogen) atoms. The van der Waals surface area contributed by atoms with Crippen LogP contribution >= 0.6 is 0 Å². The van der Waals surface area contributed by atoms with Crippen molar-refractivity contribution < 1.29 is 0 Å². The predicted octanol–water partition coefficient (Wildman–Crippen LogP) is 4.28. The van der Waals surface area contributed by atoms with Crippen LogP contribution in [0.3, 0.4) is 0 Å². The zero-order chi connectivity index (χ0) is 14.1. The maximum Gasteiger partial charge on any atom is 0.0885 e. The molecule has 1 aromatic heterocycles. The van der Waals surface area contributed by atoms with Gasteiger partial charge >= 0.3 is 0 Å². The highest BCUT2D eigenvalue weighted by molar-refractivity contribution is 5.65. The van der Waals surface area contributed by atoms with E-state index in [9.17, 15) is 0 Å². The molecule has 1 rings (SSSR count). The van der Waals surface area contributed by atoms with E-state index in [1.54, 1.807) is 0 Å². The Balaban J connectivity index is 3.11. The van der Waals surface area contributed by atoms with Gasteiger partial charge in [0.1, 0.15) is 0 Å². The van der Waals surface area contributed by atoms with Gasteiger partial charge in [-0.3, -0.25) is 4.98 Å². The lowest BCUT2D eigenvalue weighted by Crippen LogP contribution is -2.24. The molecule has 0 saturated carbocycles. The molecule has 0 unspecified atom stereocenters.